The van der Waals surface area contributed by atoms with Crippen LogP contribution in [-0.4, -0.2) is 16.9 Å². The molecule has 10 heavy (non-hydrogen) atoms. The van der Waals surface area contributed by atoms with Gasteiger partial charge in [-0.3, -0.25) is 10.5 Å². The summed E-state index contributed by atoms with van der Waals surface area (Å²) in [5.41, 5.74) is 5.26. The molecule has 7 heteroatoms. The minimum absolute atomic E-state index is 0.389. The summed E-state index contributed by atoms with van der Waals surface area (Å²) in [4.78, 5) is 10.1. The fraction of sp³-hybridized carbons (Fsp3) is 0.667. The van der Waals surface area contributed by atoms with E-state index < -0.39 is 11.8 Å². The van der Waals surface area contributed by atoms with E-state index in [-0.39, 0.29) is 6.42 Å². The lowest BCUT2D eigenvalue weighted by atomic mass is 10.3. The number of rotatable bonds is 2. The standard InChI is InChI=1S/C3H5N5O2/c4-3(1-2(9)10)5-7-8-6-3/h1,4H2,(H,9,10). The molecule has 0 spiro atoms. The van der Waals surface area contributed by atoms with E-state index in [1.54, 1.807) is 0 Å². The zero-order valence-corrected chi connectivity index (χ0v) is 4.93. The molecule has 0 bridgehead atoms. The summed E-state index contributed by atoms with van der Waals surface area (Å²) in [5, 5.41) is 21.0. The van der Waals surface area contributed by atoms with Gasteiger partial charge in [0.05, 0.1) is 0 Å². The van der Waals surface area contributed by atoms with Crippen LogP contribution >= 0.6 is 0 Å². The number of hydrogen-bond donors (Lipinski definition) is 2. The second-order valence-electron chi connectivity index (χ2n) is 1.83. The average Bonchev–Trinajstić information content (AvgIpc) is 2.12. The SMILES string of the molecule is NC1(CC(=O)O)N=NN=N1. The van der Waals surface area contributed by atoms with Crippen molar-refractivity contribution in [3.63, 3.8) is 0 Å². The zero-order valence-electron chi connectivity index (χ0n) is 4.93. The van der Waals surface area contributed by atoms with Gasteiger partial charge in [-0.15, -0.1) is 10.2 Å². The quantitative estimate of drug-likeness (QED) is 0.562. The zero-order chi connectivity index (χ0) is 7.61. The van der Waals surface area contributed by atoms with E-state index in [4.69, 9.17) is 10.8 Å². The Kier molecular flexibility index (Phi) is 1.42. The highest BCUT2D eigenvalue weighted by molar-refractivity contribution is 5.68. The number of nitrogens with zero attached hydrogens (tertiary/aromatic N) is 4. The third kappa shape index (κ3) is 1.32. The summed E-state index contributed by atoms with van der Waals surface area (Å²) in [6, 6.07) is 0. The minimum Gasteiger partial charge on any atom is -0.481 e. The topological polar surface area (TPSA) is 113 Å². The Morgan fingerprint density at radius 3 is 2.40 bits per heavy atom. The maximum Gasteiger partial charge on any atom is 0.309 e. The molecule has 0 aromatic heterocycles. The Hall–Kier alpha value is -1.37. The van der Waals surface area contributed by atoms with Crippen molar-refractivity contribution in [3.8, 4) is 0 Å². The van der Waals surface area contributed by atoms with Crippen LogP contribution in [0, 0.1) is 0 Å². The Balaban J connectivity index is 2.62. The highest BCUT2D eigenvalue weighted by Crippen LogP contribution is 2.16. The summed E-state index contributed by atoms with van der Waals surface area (Å²) in [6.07, 6.45) is -0.389. The van der Waals surface area contributed by atoms with Crippen LogP contribution < -0.4 is 5.73 Å². The third-order valence-corrected chi connectivity index (χ3v) is 0.887. The van der Waals surface area contributed by atoms with Gasteiger partial charge in [0.1, 0.15) is 6.42 Å². The molecule has 0 radical (unpaired) electrons. The average molecular weight is 143 g/mol. The summed E-state index contributed by atoms with van der Waals surface area (Å²) >= 11 is 0. The fourth-order valence-electron chi connectivity index (χ4n) is 0.508. The second-order valence-corrected chi connectivity index (χ2v) is 1.83. The molecule has 0 aromatic carbocycles. The van der Waals surface area contributed by atoms with Gasteiger partial charge >= 0.3 is 5.97 Å². The van der Waals surface area contributed by atoms with Crippen LogP contribution in [0.5, 0.6) is 0 Å². The first-order valence-electron chi connectivity index (χ1n) is 2.47. The van der Waals surface area contributed by atoms with Crippen molar-refractivity contribution < 1.29 is 9.90 Å². The molecule has 0 unspecified atom stereocenters. The molecule has 1 rings (SSSR count). The van der Waals surface area contributed by atoms with Gasteiger partial charge in [-0.2, -0.15) is 0 Å². The van der Waals surface area contributed by atoms with E-state index in [2.05, 4.69) is 20.7 Å². The first-order chi connectivity index (χ1) is 4.62. The summed E-state index contributed by atoms with van der Waals surface area (Å²) in [6.45, 7) is 0. The number of carboxylic acids is 1. The van der Waals surface area contributed by atoms with E-state index in [1.165, 1.54) is 0 Å². The highest BCUT2D eigenvalue weighted by atomic mass is 16.4. The van der Waals surface area contributed by atoms with E-state index >= 15 is 0 Å². The maximum absolute atomic E-state index is 10.1. The van der Waals surface area contributed by atoms with Gasteiger partial charge < -0.3 is 5.11 Å². The molecule has 0 saturated carbocycles. The highest BCUT2D eigenvalue weighted by Gasteiger charge is 2.30. The van der Waals surface area contributed by atoms with Gasteiger partial charge in [0, 0.05) is 0 Å². The third-order valence-electron chi connectivity index (χ3n) is 0.887. The molecule has 1 heterocycles. The fourth-order valence-corrected chi connectivity index (χ4v) is 0.508. The summed E-state index contributed by atoms with van der Waals surface area (Å²) in [7, 11) is 0. The van der Waals surface area contributed by atoms with Crippen LogP contribution in [0.25, 0.3) is 0 Å². The normalized spacial score (nSPS) is 19.7. The van der Waals surface area contributed by atoms with Crippen molar-refractivity contribution >= 4 is 5.97 Å². The van der Waals surface area contributed by atoms with E-state index in [1.807, 2.05) is 0 Å². The molecule has 3 N–H and O–H groups in total. The molecule has 0 saturated heterocycles. The van der Waals surface area contributed by atoms with Crippen molar-refractivity contribution in [1.82, 2.24) is 0 Å². The van der Waals surface area contributed by atoms with Crippen LogP contribution in [0.15, 0.2) is 20.7 Å². The molecule has 0 amide bonds. The van der Waals surface area contributed by atoms with E-state index in [9.17, 15) is 4.79 Å². The van der Waals surface area contributed by atoms with Crippen molar-refractivity contribution in [3.05, 3.63) is 0 Å². The van der Waals surface area contributed by atoms with Crippen LogP contribution in [0.2, 0.25) is 0 Å². The molecule has 1 aliphatic heterocycles. The number of aliphatic carboxylic acids is 1. The largest absolute Gasteiger partial charge is 0.481 e. The van der Waals surface area contributed by atoms with Crippen molar-refractivity contribution in [2.75, 3.05) is 0 Å². The number of hydrogen-bond acceptors (Lipinski definition) is 6. The van der Waals surface area contributed by atoms with Gasteiger partial charge in [0.25, 0.3) is 5.79 Å². The lowest BCUT2D eigenvalue weighted by molar-refractivity contribution is -0.138. The van der Waals surface area contributed by atoms with Gasteiger partial charge in [0.15, 0.2) is 0 Å². The Labute approximate surface area is 55.6 Å². The van der Waals surface area contributed by atoms with Gasteiger partial charge in [-0.25, -0.2) is 0 Å². The molecule has 0 aromatic rings. The Morgan fingerprint density at radius 1 is 1.50 bits per heavy atom. The molecule has 54 valence electrons. The lowest BCUT2D eigenvalue weighted by Crippen LogP contribution is -2.35. The van der Waals surface area contributed by atoms with Crippen LogP contribution in [0.4, 0.5) is 0 Å². The maximum atomic E-state index is 10.1. The van der Waals surface area contributed by atoms with Crippen molar-refractivity contribution in [1.29, 1.82) is 0 Å². The summed E-state index contributed by atoms with van der Waals surface area (Å²) < 4.78 is 0. The minimum atomic E-state index is -1.47. The first kappa shape index (κ1) is 6.75. The lowest BCUT2D eigenvalue weighted by Gasteiger charge is -2.08. The molecule has 1 aliphatic rings. The summed E-state index contributed by atoms with van der Waals surface area (Å²) in [5.74, 6) is -2.55. The van der Waals surface area contributed by atoms with Crippen LogP contribution in [-0.2, 0) is 4.79 Å². The monoisotopic (exact) mass is 143 g/mol. The Bertz CT molecular complexity index is 197. The van der Waals surface area contributed by atoms with Gasteiger partial charge in [-0.05, 0) is 10.4 Å². The van der Waals surface area contributed by atoms with Crippen molar-refractivity contribution in [2.24, 2.45) is 26.4 Å². The van der Waals surface area contributed by atoms with Gasteiger partial charge in [0.2, 0.25) is 0 Å². The van der Waals surface area contributed by atoms with Crippen molar-refractivity contribution in [2.45, 2.75) is 12.2 Å². The number of nitrogens with two attached hydrogens (primary N) is 1. The smallest absolute Gasteiger partial charge is 0.309 e. The second kappa shape index (κ2) is 2.10. The van der Waals surface area contributed by atoms with Crippen LogP contribution in [0.1, 0.15) is 6.42 Å². The van der Waals surface area contributed by atoms with Gasteiger partial charge in [-0.1, -0.05) is 0 Å². The molecular formula is C3H5N5O2. The molecule has 0 fully saturated rings. The van der Waals surface area contributed by atoms with E-state index in [0.717, 1.165) is 0 Å². The number of carbonyl (C=O) groups is 1. The van der Waals surface area contributed by atoms with E-state index in [0.29, 0.717) is 0 Å². The molecule has 0 atom stereocenters. The predicted octanol–water partition coefficient (Wildman–Crippen LogP) is -0.0934. The Morgan fingerprint density at radius 2 is 2.00 bits per heavy atom. The van der Waals surface area contributed by atoms with Crippen LogP contribution in [0.3, 0.4) is 0 Å². The molecule has 7 nitrogen and oxygen atoms in total. The number of carboxylic acid groups (broad SMARTS) is 1. The molecule has 0 aliphatic carbocycles. The predicted molar refractivity (Wildman–Crippen MR) is 28.9 cm³/mol. The molecular weight excluding hydrogens is 138 g/mol. The first-order valence-corrected chi connectivity index (χ1v) is 2.47.